The third-order valence-electron chi connectivity index (χ3n) is 6.31. The summed E-state index contributed by atoms with van der Waals surface area (Å²) in [6.45, 7) is 0. The Kier molecular flexibility index (Phi) is 5.08. The van der Waals surface area contributed by atoms with Gasteiger partial charge in [-0.1, -0.05) is 78.5 Å². The van der Waals surface area contributed by atoms with E-state index in [0.717, 1.165) is 22.9 Å². The lowest BCUT2D eigenvalue weighted by Crippen LogP contribution is -2.14. The van der Waals surface area contributed by atoms with Crippen molar-refractivity contribution in [2.75, 3.05) is 0 Å². The number of nitriles is 1. The van der Waals surface area contributed by atoms with Crippen molar-refractivity contribution in [3.8, 4) is 6.07 Å². The number of hydrogen-bond acceptors (Lipinski definition) is 6. The van der Waals surface area contributed by atoms with Crippen molar-refractivity contribution in [2.24, 2.45) is 5.92 Å². The fourth-order valence-electron chi connectivity index (χ4n) is 4.50. The highest BCUT2D eigenvalue weighted by atomic mass is 32.2. The molecule has 0 amide bonds. The molecule has 1 aliphatic carbocycles. The lowest BCUT2D eigenvalue weighted by molar-refractivity contribution is 0.0893. The van der Waals surface area contributed by atoms with Crippen LogP contribution < -0.4 is 0 Å². The topological polar surface area (TPSA) is 84.5 Å². The van der Waals surface area contributed by atoms with Crippen LogP contribution in [0.25, 0.3) is 22.1 Å². The van der Waals surface area contributed by atoms with Crippen molar-refractivity contribution >= 4 is 39.7 Å². The summed E-state index contributed by atoms with van der Waals surface area (Å²) in [6.07, 6.45) is 0.835. The van der Waals surface area contributed by atoms with Gasteiger partial charge in [-0.2, -0.15) is 5.26 Å². The lowest BCUT2D eigenvalue weighted by Gasteiger charge is -2.06. The van der Waals surface area contributed by atoms with Gasteiger partial charge in [-0.3, -0.25) is 9.36 Å². The number of carbonyl (C=O) groups excluding carboxylic acids is 1. The van der Waals surface area contributed by atoms with Crippen molar-refractivity contribution in [1.82, 2.24) is 19.7 Å². The van der Waals surface area contributed by atoms with E-state index in [1.807, 2.05) is 60.7 Å². The summed E-state index contributed by atoms with van der Waals surface area (Å²) in [7, 11) is 0. The number of hydrogen-bond donors (Lipinski definition) is 0. The average molecular weight is 462 g/mol. The molecule has 5 aromatic rings. The summed E-state index contributed by atoms with van der Waals surface area (Å²) in [5.74, 6) is 0.751. The van der Waals surface area contributed by atoms with E-state index in [-0.39, 0.29) is 17.7 Å². The molecule has 3 aromatic carbocycles. The molecule has 0 N–H and O–H groups in total. The Morgan fingerprint density at radius 3 is 2.62 bits per heavy atom. The van der Waals surface area contributed by atoms with Gasteiger partial charge in [0.05, 0.1) is 17.1 Å². The second-order valence-electron chi connectivity index (χ2n) is 8.37. The summed E-state index contributed by atoms with van der Waals surface area (Å²) < 4.78 is 1.72. The van der Waals surface area contributed by atoms with E-state index in [2.05, 4.69) is 28.4 Å². The standard InChI is InChI=1S/C27H19N5OS/c28-15-18-10-4-5-11-19(18)16-34-27-29-25-24(30-31-27)20-12-6-7-13-23(20)32(25)26(33)22-14-21(22)17-8-2-1-3-9-17/h1-13,21-22H,14,16H2. The van der Waals surface area contributed by atoms with Gasteiger partial charge < -0.3 is 0 Å². The second kappa shape index (κ2) is 8.40. The van der Waals surface area contributed by atoms with Crippen LogP contribution in [0.2, 0.25) is 0 Å². The predicted octanol–water partition coefficient (Wildman–Crippen LogP) is 5.59. The van der Waals surface area contributed by atoms with Crippen LogP contribution in [0.1, 0.15) is 33.8 Å². The zero-order valence-electron chi connectivity index (χ0n) is 18.1. The molecular weight excluding hydrogens is 442 g/mol. The van der Waals surface area contributed by atoms with Crippen molar-refractivity contribution in [3.63, 3.8) is 0 Å². The number of aromatic nitrogens is 4. The zero-order valence-corrected chi connectivity index (χ0v) is 18.9. The SMILES string of the molecule is N#Cc1ccccc1CSc1nnc2c3ccccc3n(C(=O)C3CC3c3ccccc3)c2n1. The third kappa shape index (κ3) is 3.53. The number of rotatable bonds is 5. The van der Waals surface area contributed by atoms with Crippen LogP contribution in [0.5, 0.6) is 0 Å². The smallest absolute Gasteiger partial charge is 0.236 e. The van der Waals surface area contributed by atoms with Gasteiger partial charge in [-0.25, -0.2) is 4.98 Å². The molecule has 0 saturated heterocycles. The fourth-order valence-corrected chi connectivity index (χ4v) is 5.29. The van der Waals surface area contributed by atoms with Gasteiger partial charge in [0.25, 0.3) is 0 Å². The molecule has 1 saturated carbocycles. The molecule has 2 atom stereocenters. The molecule has 1 fully saturated rings. The molecule has 6 rings (SSSR count). The number of para-hydroxylation sites is 1. The minimum absolute atomic E-state index is 0.0475. The van der Waals surface area contributed by atoms with E-state index in [0.29, 0.717) is 27.6 Å². The fraction of sp³-hybridized carbons (Fsp3) is 0.148. The quantitative estimate of drug-likeness (QED) is 0.317. The van der Waals surface area contributed by atoms with Crippen LogP contribution in [0, 0.1) is 17.2 Å². The van der Waals surface area contributed by atoms with Gasteiger partial charge in [-0.05, 0) is 35.6 Å². The number of benzene rings is 3. The Morgan fingerprint density at radius 1 is 1.00 bits per heavy atom. The molecule has 6 nitrogen and oxygen atoms in total. The highest BCUT2D eigenvalue weighted by Gasteiger charge is 2.45. The molecule has 0 aliphatic heterocycles. The van der Waals surface area contributed by atoms with Gasteiger partial charge in [0, 0.05) is 17.1 Å². The monoisotopic (exact) mass is 461 g/mol. The van der Waals surface area contributed by atoms with Gasteiger partial charge >= 0.3 is 0 Å². The van der Waals surface area contributed by atoms with E-state index in [1.165, 1.54) is 17.3 Å². The van der Waals surface area contributed by atoms with Crippen LogP contribution >= 0.6 is 11.8 Å². The first-order chi connectivity index (χ1) is 16.7. The molecule has 34 heavy (non-hydrogen) atoms. The first-order valence-corrected chi connectivity index (χ1v) is 12.1. The second-order valence-corrected chi connectivity index (χ2v) is 9.32. The first kappa shape index (κ1) is 20.6. The van der Waals surface area contributed by atoms with Gasteiger partial charge in [0.1, 0.15) is 5.52 Å². The molecule has 0 bridgehead atoms. The number of fused-ring (bicyclic) bond motifs is 3. The Balaban J connectivity index is 1.37. The Labute approximate surface area is 200 Å². The number of carbonyl (C=O) groups is 1. The van der Waals surface area contributed by atoms with Crippen molar-refractivity contribution in [3.05, 3.63) is 95.6 Å². The van der Waals surface area contributed by atoms with E-state index >= 15 is 0 Å². The maximum atomic E-state index is 13.7. The van der Waals surface area contributed by atoms with Crippen LogP contribution in [0.15, 0.2) is 84.0 Å². The summed E-state index contributed by atoms with van der Waals surface area (Å²) in [6, 6.07) is 27.6. The zero-order chi connectivity index (χ0) is 23.1. The summed E-state index contributed by atoms with van der Waals surface area (Å²) in [5, 5.41) is 19.5. The summed E-state index contributed by atoms with van der Waals surface area (Å²) in [4.78, 5) is 18.4. The van der Waals surface area contributed by atoms with Crippen molar-refractivity contribution in [1.29, 1.82) is 5.26 Å². The molecule has 2 aromatic heterocycles. The highest BCUT2D eigenvalue weighted by molar-refractivity contribution is 7.98. The van der Waals surface area contributed by atoms with Crippen molar-refractivity contribution in [2.45, 2.75) is 23.2 Å². The van der Waals surface area contributed by atoms with Crippen molar-refractivity contribution < 1.29 is 4.79 Å². The Morgan fingerprint density at radius 2 is 1.76 bits per heavy atom. The van der Waals surface area contributed by atoms with Gasteiger partial charge in [0.2, 0.25) is 11.1 Å². The van der Waals surface area contributed by atoms with Crippen LogP contribution in [0.3, 0.4) is 0 Å². The number of nitrogens with zero attached hydrogens (tertiary/aromatic N) is 5. The molecule has 0 radical (unpaired) electrons. The minimum atomic E-state index is -0.0741. The highest BCUT2D eigenvalue weighted by Crippen LogP contribution is 2.49. The predicted molar refractivity (Wildman–Crippen MR) is 131 cm³/mol. The number of thioether (sulfide) groups is 1. The van der Waals surface area contributed by atoms with Crippen LogP contribution in [-0.2, 0) is 5.75 Å². The lowest BCUT2D eigenvalue weighted by atomic mass is 10.1. The Hall–Kier alpha value is -4.02. The summed E-state index contributed by atoms with van der Waals surface area (Å²) >= 11 is 1.41. The minimum Gasteiger partial charge on any atom is -0.274 e. The van der Waals surface area contributed by atoms with Crippen LogP contribution in [0.4, 0.5) is 0 Å². The molecule has 2 unspecified atom stereocenters. The van der Waals surface area contributed by atoms with Gasteiger partial charge in [-0.15, -0.1) is 10.2 Å². The third-order valence-corrected chi connectivity index (χ3v) is 7.20. The van der Waals surface area contributed by atoms with E-state index in [1.54, 1.807) is 10.6 Å². The largest absolute Gasteiger partial charge is 0.274 e. The molecule has 0 spiro atoms. The first-order valence-electron chi connectivity index (χ1n) is 11.1. The van der Waals surface area contributed by atoms with E-state index in [4.69, 9.17) is 4.98 Å². The molecule has 164 valence electrons. The van der Waals surface area contributed by atoms with E-state index < -0.39 is 0 Å². The molecule has 7 heteroatoms. The average Bonchev–Trinajstić information content (AvgIpc) is 3.63. The normalized spacial score (nSPS) is 17.0. The molecule has 1 aliphatic rings. The summed E-state index contributed by atoms with van der Waals surface area (Å²) in [5.41, 5.74) is 4.72. The maximum absolute atomic E-state index is 13.7. The van der Waals surface area contributed by atoms with E-state index in [9.17, 15) is 10.1 Å². The van der Waals surface area contributed by atoms with Crippen LogP contribution in [-0.4, -0.2) is 25.7 Å². The molecular formula is C27H19N5OS. The maximum Gasteiger partial charge on any atom is 0.236 e. The van der Waals surface area contributed by atoms with Gasteiger partial charge in [0.15, 0.2) is 5.65 Å². The molecule has 2 heterocycles. The Bertz CT molecular complexity index is 1590.